The Morgan fingerprint density at radius 1 is 1.58 bits per heavy atom. The van der Waals surface area contributed by atoms with Crippen LogP contribution in [0.4, 0.5) is 10.2 Å². The molecule has 0 aliphatic carbocycles. The molecule has 0 atom stereocenters. The van der Waals surface area contributed by atoms with Crippen molar-refractivity contribution in [1.82, 2.24) is 4.98 Å². The summed E-state index contributed by atoms with van der Waals surface area (Å²) in [6.07, 6.45) is 1.69. The van der Waals surface area contributed by atoms with Gasteiger partial charge >= 0.3 is 0 Å². The molecule has 4 nitrogen and oxygen atoms in total. The number of rotatable bonds is 1. The van der Waals surface area contributed by atoms with Crippen LogP contribution in [0.2, 0.25) is 0 Å². The SMILES string of the molecule is CS(=O)(=O)c1cc(N)ncc1F. The number of aromatic nitrogens is 1. The normalized spacial score (nSPS) is 11.5. The van der Waals surface area contributed by atoms with Gasteiger partial charge in [0, 0.05) is 12.3 Å². The van der Waals surface area contributed by atoms with Crippen molar-refractivity contribution in [1.29, 1.82) is 0 Å². The van der Waals surface area contributed by atoms with Gasteiger partial charge in [0.25, 0.3) is 0 Å². The molecule has 0 aliphatic heterocycles. The molecule has 0 aromatic carbocycles. The highest BCUT2D eigenvalue weighted by Gasteiger charge is 2.13. The number of hydrogen-bond acceptors (Lipinski definition) is 4. The van der Waals surface area contributed by atoms with Crippen molar-refractivity contribution in [2.75, 3.05) is 12.0 Å². The molecule has 0 spiro atoms. The van der Waals surface area contributed by atoms with Crippen molar-refractivity contribution >= 4 is 15.7 Å². The van der Waals surface area contributed by atoms with Crippen LogP contribution in [0, 0.1) is 5.82 Å². The number of pyridine rings is 1. The predicted molar refractivity (Wildman–Crippen MR) is 41.7 cm³/mol. The van der Waals surface area contributed by atoms with Gasteiger partial charge in [-0.3, -0.25) is 0 Å². The molecular weight excluding hydrogens is 183 g/mol. The summed E-state index contributed by atoms with van der Waals surface area (Å²) >= 11 is 0. The van der Waals surface area contributed by atoms with E-state index in [0.717, 1.165) is 18.5 Å². The number of nitrogens with two attached hydrogens (primary N) is 1. The van der Waals surface area contributed by atoms with Crippen molar-refractivity contribution < 1.29 is 12.8 Å². The number of nitrogen functional groups attached to an aromatic ring is 1. The first kappa shape index (κ1) is 8.92. The molecule has 2 N–H and O–H groups in total. The van der Waals surface area contributed by atoms with Crippen LogP contribution in [0.5, 0.6) is 0 Å². The van der Waals surface area contributed by atoms with Gasteiger partial charge in [-0.1, -0.05) is 0 Å². The predicted octanol–water partition coefficient (Wildman–Crippen LogP) is 0.206. The van der Waals surface area contributed by atoms with Crippen molar-refractivity contribution in [3.8, 4) is 0 Å². The second-order valence-corrected chi connectivity index (χ2v) is 4.30. The molecule has 1 rings (SSSR count). The highest BCUT2D eigenvalue weighted by molar-refractivity contribution is 7.90. The molecule has 0 unspecified atom stereocenters. The van der Waals surface area contributed by atoms with Gasteiger partial charge in [-0.2, -0.15) is 0 Å². The van der Waals surface area contributed by atoms with E-state index in [9.17, 15) is 12.8 Å². The lowest BCUT2D eigenvalue weighted by atomic mass is 10.4. The second-order valence-electron chi connectivity index (χ2n) is 2.31. The molecule has 12 heavy (non-hydrogen) atoms. The first-order chi connectivity index (χ1) is 5.41. The molecule has 6 heteroatoms. The van der Waals surface area contributed by atoms with Gasteiger partial charge in [0.1, 0.15) is 10.7 Å². The Kier molecular flexibility index (Phi) is 2.01. The lowest BCUT2D eigenvalue weighted by Crippen LogP contribution is -2.03. The maximum atomic E-state index is 12.8. The molecule has 0 fully saturated rings. The summed E-state index contributed by atoms with van der Waals surface area (Å²) < 4.78 is 34.5. The van der Waals surface area contributed by atoms with E-state index in [2.05, 4.69) is 4.98 Å². The summed E-state index contributed by atoms with van der Waals surface area (Å²) in [4.78, 5) is 2.97. The number of sulfone groups is 1. The Labute approximate surface area is 69.1 Å². The summed E-state index contributed by atoms with van der Waals surface area (Å²) in [6.45, 7) is 0. The average molecular weight is 190 g/mol. The van der Waals surface area contributed by atoms with Crippen LogP contribution in [-0.2, 0) is 9.84 Å². The molecule has 0 bridgehead atoms. The van der Waals surface area contributed by atoms with Crippen molar-refractivity contribution in [2.24, 2.45) is 0 Å². The van der Waals surface area contributed by atoms with E-state index in [1.807, 2.05) is 0 Å². The summed E-state index contributed by atoms with van der Waals surface area (Å²) in [5.41, 5.74) is 5.18. The Hall–Kier alpha value is -1.17. The van der Waals surface area contributed by atoms with E-state index >= 15 is 0 Å². The van der Waals surface area contributed by atoms with Crippen molar-refractivity contribution in [3.05, 3.63) is 18.1 Å². The Balaban J connectivity index is 3.43. The number of halogens is 1. The van der Waals surface area contributed by atoms with Crippen molar-refractivity contribution in [2.45, 2.75) is 4.90 Å². The van der Waals surface area contributed by atoms with Crippen LogP contribution >= 0.6 is 0 Å². The van der Waals surface area contributed by atoms with Crippen molar-refractivity contribution in [3.63, 3.8) is 0 Å². The molecule has 1 aromatic rings. The molecule has 1 heterocycles. The van der Waals surface area contributed by atoms with E-state index < -0.39 is 20.5 Å². The molecule has 0 aliphatic rings. The van der Waals surface area contributed by atoms with Crippen LogP contribution in [0.25, 0.3) is 0 Å². The minimum absolute atomic E-state index is 0.0168. The third-order valence-electron chi connectivity index (χ3n) is 1.24. The largest absolute Gasteiger partial charge is 0.384 e. The first-order valence-corrected chi connectivity index (χ1v) is 4.91. The molecule has 0 amide bonds. The summed E-state index contributed by atoms with van der Waals surface area (Å²) in [6, 6.07) is 0.991. The fraction of sp³-hybridized carbons (Fsp3) is 0.167. The second kappa shape index (κ2) is 2.71. The zero-order valence-electron chi connectivity index (χ0n) is 6.28. The van der Waals surface area contributed by atoms with Gasteiger partial charge in [-0.25, -0.2) is 17.8 Å². The molecule has 0 radical (unpaired) electrons. The molecule has 0 saturated heterocycles. The van der Waals surface area contributed by atoms with E-state index in [0.29, 0.717) is 0 Å². The zero-order chi connectivity index (χ0) is 9.35. The number of hydrogen-bond donors (Lipinski definition) is 1. The standard InChI is InChI=1S/C6H7FN2O2S/c1-12(10,11)5-2-6(8)9-3-4(5)7/h2-3H,1H3,(H2,8,9). The maximum Gasteiger partial charge on any atom is 0.178 e. The number of anilines is 1. The monoisotopic (exact) mass is 190 g/mol. The minimum atomic E-state index is -3.55. The third kappa shape index (κ3) is 1.70. The van der Waals surface area contributed by atoms with Gasteiger partial charge in [0.2, 0.25) is 0 Å². The zero-order valence-corrected chi connectivity index (χ0v) is 7.10. The first-order valence-electron chi connectivity index (χ1n) is 3.02. The van der Waals surface area contributed by atoms with Gasteiger partial charge < -0.3 is 5.73 Å². The quantitative estimate of drug-likeness (QED) is 0.686. The fourth-order valence-electron chi connectivity index (χ4n) is 0.720. The lowest BCUT2D eigenvalue weighted by molar-refractivity contribution is 0.567. The van der Waals surface area contributed by atoms with Gasteiger partial charge in [-0.15, -0.1) is 0 Å². The average Bonchev–Trinajstić information content (AvgIpc) is 1.92. The smallest absolute Gasteiger partial charge is 0.178 e. The van der Waals surface area contributed by atoms with E-state index in [1.165, 1.54) is 0 Å². The molecular formula is C6H7FN2O2S. The van der Waals surface area contributed by atoms with Gasteiger partial charge in [0.05, 0.1) is 6.20 Å². The molecule has 1 aromatic heterocycles. The number of nitrogens with zero attached hydrogens (tertiary/aromatic N) is 1. The van der Waals surface area contributed by atoms with Crippen LogP contribution in [-0.4, -0.2) is 19.7 Å². The fourth-order valence-corrected chi connectivity index (χ4v) is 1.46. The van der Waals surface area contributed by atoms with Crippen LogP contribution < -0.4 is 5.73 Å². The Morgan fingerprint density at radius 2 is 2.17 bits per heavy atom. The summed E-state index contributed by atoms with van der Waals surface area (Å²) in [5.74, 6) is -0.900. The summed E-state index contributed by atoms with van der Waals surface area (Å²) in [5, 5.41) is 0. The highest BCUT2D eigenvalue weighted by atomic mass is 32.2. The Bertz CT molecular complexity index is 402. The van der Waals surface area contributed by atoms with Gasteiger partial charge in [-0.05, 0) is 0 Å². The maximum absolute atomic E-state index is 12.8. The van der Waals surface area contributed by atoms with Crippen LogP contribution in [0.1, 0.15) is 0 Å². The van der Waals surface area contributed by atoms with E-state index in [1.54, 1.807) is 0 Å². The summed E-state index contributed by atoms with van der Waals surface area (Å²) in [7, 11) is -3.55. The molecule has 66 valence electrons. The lowest BCUT2D eigenvalue weighted by Gasteiger charge is -1.99. The van der Waals surface area contributed by atoms with Crippen LogP contribution in [0.15, 0.2) is 17.2 Å². The van der Waals surface area contributed by atoms with E-state index in [4.69, 9.17) is 5.73 Å². The third-order valence-corrected chi connectivity index (χ3v) is 2.35. The van der Waals surface area contributed by atoms with Crippen LogP contribution in [0.3, 0.4) is 0 Å². The Morgan fingerprint density at radius 3 is 2.58 bits per heavy atom. The van der Waals surface area contributed by atoms with E-state index in [-0.39, 0.29) is 5.82 Å². The topological polar surface area (TPSA) is 73.0 Å². The highest BCUT2D eigenvalue weighted by Crippen LogP contribution is 2.14. The van der Waals surface area contributed by atoms with Gasteiger partial charge in [0.15, 0.2) is 15.7 Å². The minimum Gasteiger partial charge on any atom is -0.384 e. The molecule has 0 saturated carbocycles.